The summed E-state index contributed by atoms with van der Waals surface area (Å²) in [6.07, 6.45) is 7.13. The fourth-order valence-corrected chi connectivity index (χ4v) is 2.62. The molecule has 0 aromatic carbocycles. The van der Waals surface area contributed by atoms with Crippen molar-refractivity contribution in [1.29, 1.82) is 0 Å². The zero-order valence-electron chi connectivity index (χ0n) is 14.0. The summed E-state index contributed by atoms with van der Waals surface area (Å²) in [6, 6.07) is 10.7. The monoisotopic (exact) mass is 345 g/mol. The van der Waals surface area contributed by atoms with E-state index < -0.39 is 0 Å². The zero-order chi connectivity index (χ0) is 17.9. The van der Waals surface area contributed by atoms with Crippen molar-refractivity contribution in [3.05, 3.63) is 77.5 Å². The quantitative estimate of drug-likeness (QED) is 0.560. The molecule has 0 aliphatic rings. The van der Waals surface area contributed by atoms with Gasteiger partial charge in [0.05, 0.1) is 11.9 Å². The molecule has 4 heterocycles. The molecule has 0 fully saturated rings. The Balaban J connectivity index is 1.86. The summed E-state index contributed by atoms with van der Waals surface area (Å²) in [5.41, 5.74) is 0.896. The van der Waals surface area contributed by atoms with Crippen LogP contribution in [0, 0.1) is 0 Å². The van der Waals surface area contributed by atoms with Crippen molar-refractivity contribution in [3.8, 4) is 23.0 Å². The topological polar surface area (TPSA) is 91.4 Å². The number of nitrogens with zero attached hydrogens (tertiary/aromatic N) is 7. The summed E-state index contributed by atoms with van der Waals surface area (Å²) in [5, 5.41) is 4.43. The third-order valence-corrected chi connectivity index (χ3v) is 3.81. The van der Waals surface area contributed by atoms with Crippen molar-refractivity contribution in [2.45, 2.75) is 13.3 Å². The Bertz CT molecular complexity index is 1090. The number of hydrogen-bond acceptors (Lipinski definition) is 6. The van der Waals surface area contributed by atoms with E-state index in [2.05, 4.69) is 25.0 Å². The Labute approximate surface area is 148 Å². The molecule has 26 heavy (non-hydrogen) atoms. The summed E-state index contributed by atoms with van der Waals surface area (Å²) in [5.74, 6) is 1.59. The zero-order valence-corrected chi connectivity index (χ0v) is 14.0. The second kappa shape index (κ2) is 6.67. The van der Waals surface area contributed by atoms with E-state index in [4.69, 9.17) is 0 Å². The van der Waals surface area contributed by atoms with Crippen LogP contribution in [-0.2, 0) is 6.42 Å². The summed E-state index contributed by atoms with van der Waals surface area (Å²) in [7, 11) is 0. The normalized spacial score (nSPS) is 10.8. The number of rotatable bonds is 4. The second-order valence-corrected chi connectivity index (χ2v) is 5.46. The molecule has 0 atom stereocenters. The molecule has 0 spiro atoms. The van der Waals surface area contributed by atoms with Gasteiger partial charge in [-0.2, -0.15) is 4.68 Å². The first-order valence-electron chi connectivity index (χ1n) is 8.14. The fraction of sp³-hybridized carbons (Fsp3) is 0.111. The van der Waals surface area contributed by atoms with Gasteiger partial charge in [0.25, 0.3) is 0 Å². The van der Waals surface area contributed by atoms with Gasteiger partial charge in [0.1, 0.15) is 17.3 Å². The van der Waals surface area contributed by atoms with Crippen LogP contribution in [0.15, 0.2) is 66.0 Å². The lowest BCUT2D eigenvalue weighted by Gasteiger charge is -2.05. The van der Waals surface area contributed by atoms with Crippen LogP contribution in [0.3, 0.4) is 0 Å². The van der Waals surface area contributed by atoms with E-state index in [1.807, 2.05) is 13.0 Å². The van der Waals surface area contributed by atoms with E-state index in [0.717, 1.165) is 0 Å². The van der Waals surface area contributed by atoms with Gasteiger partial charge in [0.15, 0.2) is 5.82 Å². The smallest absolute Gasteiger partial charge is 0.262 e. The Hall–Kier alpha value is -3.68. The predicted octanol–water partition coefficient (Wildman–Crippen LogP) is 1.83. The highest BCUT2D eigenvalue weighted by Crippen LogP contribution is 2.14. The predicted molar refractivity (Wildman–Crippen MR) is 95.2 cm³/mol. The Morgan fingerprint density at radius 3 is 2.58 bits per heavy atom. The lowest BCUT2D eigenvalue weighted by Crippen LogP contribution is -2.24. The number of aryl methyl sites for hydroxylation is 1. The van der Waals surface area contributed by atoms with Gasteiger partial charge in [0.2, 0.25) is 0 Å². The van der Waals surface area contributed by atoms with Crippen LogP contribution in [0.4, 0.5) is 0 Å². The lowest BCUT2D eigenvalue weighted by atomic mass is 10.3. The maximum Gasteiger partial charge on any atom is 0.356 e. The molecule has 0 N–H and O–H groups in total. The van der Waals surface area contributed by atoms with E-state index in [1.54, 1.807) is 55.1 Å². The highest BCUT2D eigenvalue weighted by atomic mass is 16.2. The minimum absolute atomic E-state index is 0.298. The summed E-state index contributed by atoms with van der Waals surface area (Å²) in [4.78, 5) is 30.0. The molecule has 0 radical (unpaired) electrons. The largest absolute Gasteiger partial charge is 0.356 e. The molecule has 4 aromatic rings. The molecule has 0 saturated carbocycles. The standard InChI is InChI=1S/C18H15N7O/c1-2-15-23-25(13-6-4-9-19-12-13)18(26)24(15)16-8-3-7-14(22-16)17-20-10-5-11-21-17/h3-12H,2H2,1H3. The number of aromatic nitrogens is 7. The molecular formula is C18H15N7O. The minimum atomic E-state index is -0.298. The molecule has 0 unspecified atom stereocenters. The van der Waals surface area contributed by atoms with Crippen molar-refractivity contribution >= 4 is 0 Å². The molecule has 0 bridgehead atoms. The van der Waals surface area contributed by atoms with Gasteiger partial charge in [-0.25, -0.2) is 24.3 Å². The van der Waals surface area contributed by atoms with Crippen molar-refractivity contribution in [1.82, 2.24) is 34.3 Å². The first kappa shape index (κ1) is 15.8. The van der Waals surface area contributed by atoms with E-state index >= 15 is 0 Å². The van der Waals surface area contributed by atoms with Gasteiger partial charge >= 0.3 is 5.69 Å². The molecule has 8 heteroatoms. The Morgan fingerprint density at radius 1 is 1.00 bits per heavy atom. The number of hydrogen-bond donors (Lipinski definition) is 0. The van der Waals surface area contributed by atoms with Crippen molar-refractivity contribution < 1.29 is 0 Å². The molecule has 0 amide bonds. The van der Waals surface area contributed by atoms with Crippen LogP contribution in [0.2, 0.25) is 0 Å². The van der Waals surface area contributed by atoms with E-state index in [-0.39, 0.29) is 5.69 Å². The minimum Gasteiger partial charge on any atom is -0.262 e. The molecule has 4 rings (SSSR count). The third-order valence-electron chi connectivity index (χ3n) is 3.81. The van der Waals surface area contributed by atoms with Gasteiger partial charge in [-0.1, -0.05) is 13.0 Å². The maximum atomic E-state index is 13.0. The molecule has 0 aliphatic carbocycles. The number of pyridine rings is 2. The van der Waals surface area contributed by atoms with Gasteiger partial charge in [-0.15, -0.1) is 5.10 Å². The van der Waals surface area contributed by atoms with Crippen LogP contribution in [0.5, 0.6) is 0 Å². The van der Waals surface area contributed by atoms with Crippen LogP contribution in [0.25, 0.3) is 23.0 Å². The lowest BCUT2D eigenvalue weighted by molar-refractivity contribution is 0.814. The molecule has 8 nitrogen and oxygen atoms in total. The fourth-order valence-electron chi connectivity index (χ4n) is 2.62. The molecular weight excluding hydrogens is 330 g/mol. The summed E-state index contributed by atoms with van der Waals surface area (Å²) in [6.45, 7) is 1.94. The van der Waals surface area contributed by atoms with Crippen molar-refractivity contribution in [3.63, 3.8) is 0 Å². The van der Waals surface area contributed by atoms with Crippen molar-refractivity contribution in [2.75, 3.05) is 0 Å². The average Bonchev–Trinajstić information content (AvgIpc) is 3.06. The van der Waals surface area contributed by atoms with E-state index in [9.17, 15) is 4.79 Å². The first-order valence-corrected chi connectivity index (χ1v) is 8.14. The van der Waals surface area contributed by atoms with Crippen LogP contribution in [-0.4, -0.2) is 34.3 Å². The SMILES string of the molecule is CCc1nn(-c2cccnc2)c(=O)n1-c1cccc(-c2ncccn2)n1. The Morgan fingerprint density at radius 2 is 1.85 bits per heavy atom. The molecule has 0 saturated heterocycles. The van der Waals surface area contributed by atoms with Crippen LogP contribution in [0.1, 0.15) is 12.7 Å². The average molecular weight is 345 g/mol. The van der Waals surface area contributed by atoms with Gasteiger partial charge in [-0.05, 0) is 30.3 Å². The van der Waals surface area contributed by atoms with Crippen molar-refractivity contribution in [2.24, 2.45) is 0 Å². The third kappa shape index (κ3) is 2.77. The molecule has 128 valence electrons. The van der Waals surface area contributed by atoms with Gasteiger partial charge in [0, 0.05) is 25.0 Å². The summed E-state index contributed by atoms with van der Waals surface area (Å²) >= 11 is 0. The summed E-state index contributed by atoms with van der Waals surface area (Å²) < 4.78 is 2.83. The van der Waals surface area contributed by atoms with Crippen LogP contribution >= 0.6 is 0 Å². The highest BCUT2D eigenvalue weighted by Gasteiger charge is 2.16. The molecule has 0 aliphatic heterocycles. The molecule has 4 aromatic heterocycles. The van der Waals surface area contributed by atoms with Crippen LogP contribution < -0.4 is 5.69 Å². The highest BCUT2D eigenvalue weighted by molar-refractivity contribution is 5.50. The second-order valence-electron chi connectivity index (χ2n) is 5.46. The van der Waals surface area contributed by atoms with E-state index in [0.29, 0.717) is 35.3 Å². The first-order chi connectivity index (χ1) is 12.8. The van der Waals surface area contributed by atoms with E-state index in [1.165, 1.54) is 9.25 Å². The Kier molecular flexibility index (Phi) is 4.06. The maximum absolute atomic E-state index is 13.0. The van der Waals surface area contributed by atoms with Gasteiger partial charge in [-0.3, -0.25) is 4.98 Å². The van der Waals surface area contributed by atoms with Gasteiger partial charge < -0.3 is 0 Å².